The van der Waals surface area contributed by atoms with Gasteiger partial charge in [0.2, 0.25) is 5.76 Å². The standard InChI is InChI=1S/C35H31NO5/c1-5-23-11-14-26(15-12-23)36-32(25-13-16-28(30(19-25)39-4)40-20-24-9-7-6-8-10-24)31-33(37)27-17-21(2)22(3)18-29(27)41-34(31)35(36)38/h6-19,32H,5,20H2,1-4H3. The summed E-state index contributed by atoms with van der Waals surface area (Å²) in [6.07, 6.45) is 0.879. The number of methoxy groups -OCH3 is 1. The second kappa shape index (κ2) is 10.6. The van der Waals surface area contributed by atoms with E-state index in [0.717, 1.165) is 34.2 Å². The van der Waals surface area contributed by atoms with Crippen LogP contribution in [0, 0.1) is 13.8 Å². The van der Waals surface area contributed by atoms with Gasteiger partial charge in [-0.25, -0.2) is 0 Å². The Balaban J connectivity index is 1.50. The zero-order valence-corrected chi connectivity index (χ0v) is 23.6. The maximum Gasteiger partial charge on any atom is 0.295 e. The number of benzene rings is 4. The van der Waals surface area contributed by atoms with E-state index < -0.39 is 6.04 Å². The number of aryl methyl sites for hydroxylation is 3. The molecule has 0 saturated heterocycles. The Morgan fingerprint density at radius 3 is 2.27 bits per heavy atom. The van der Waals surface area contributed by atoms with Gasteiger partial charge in [0.05, 0.1) is 24.1 Å². The first-order valence-corrected chi connectivity index (χ1v) is 13.7. The van der Waals surface area contributed by atoms with E-state index in [0.29, 0.717) is 40.3 Å². The molecule has 6 nitrogen and oxygen atoms in total. The largest absolute Gasteiger partial charge is 0.493 e. The lowest BCUT2D eigenvalue weighted by atomic mass is 9.96. The monoisotopic (exact) mass is 545 g/mol. The third-order valence-electron chi connectivity index (χ3n) is 7.85. The summed E-state index contributed by atoms with van der Waals surface area (Å²) in [7, 11) is 1.58. The molecule has 206 valence electrons. The zero-order chi connectivity index (χ0) is 28.7. The summed E-state index contributed by atoms with van der Waals surface area (Å²) >= 11 is 0. The van der Waals surface area contributed by atoms with Gasteiger partial charge < -0.3 is 13.9 Å². The first kappa shape index (κ1) is 26.4. The lowest BCUT2D eigenvalue weighted by Crippen LogP contribution is -2.29. The predicted octanol–water partition coefficient (Wildman–Crippen LogP) is 7.31. The lowest BCUT2D eigenvalue weighted by Gasteiger charge is -2.26. The Kier molecular flexibility index (Phi) is 6.83. The molecule has 0 aliphatic carbocycles. The molecular weight excluding hydrogens is 514 g/mol. The number of amides is 1. The van der Waals surface area contributed by atoms with Gasteiger partial charge in [-0.05, 0) is 84.5 Å². The fourth-order valence-corrected chi connectivity index (χ4v) is 5.41. The molecule has 1 aliphatic rings. The fraction of sp³-hybridized carbons (Fsp3) is 0.200. The van der Waals surface area contributed by atoms with Crippen molar-refractivity contribution in [3.8, 4) is 11.5 Å². The predicted molar refractivity (Wildman–Crippen MR) is 160 cm³/mol. The van der Waals surface area contributed by atoms with Gasteiger partial charge in [-0.1, -0.05) is 55.5 Å². The number of hydrogen-bond donors (Lipinski definition) is 0. The summed E-state index contributed by atoms with van der Waals surface area (Å²) < 4.78 is 18.0. The number of nitrogens with zero attached hydrogens (tertiary/aromatic N) is 1. The summed E-state index contributed by atoms with van der Waals surface area (Å²) in [6.45, 7) is 6.39. The molecule has 0 radical (unpaired) electrons. The number of hydrogen-bond acceptors (Lipinski definition) is 5. The van der Waals surface area contributed by atoms with Crippen LogP contribution >= 0.6 is 0 Å². The fourth-order valence-electron chi connectivity index (χ4n) is 5.41. The number of rotatable bonds is 7. The molecule has 0 fully saturated rings. The van der Waals surface area contributed by atoms with Crippen molar-refractivity contribution in [3.05, 3.63) is 134 Å². The van der Waals surface area contributed by atoms with Gasteiger partial charge in [-0.3, -0.25) is 14.5 Å². The molecule has 0 bridgehead atoms. The maximum absolute atomic E-state index is 14.1. The van der Waals surface area contributed by atoms with E-state index in [9.17, 15) is 9.59 Å². The van der Waals surface area contributed by atoms with Gasteiger partial charge in [-0.2, -0.15) is 0 Å². The van der Waals surface area contributed by atoms with Crippen molar-refractivity contribution in [3.63, 3.8) is 0 Å². The summed E-state index contributed by atoms with van der Waals surface area (Å²) in [5, 5.41) is 0.461. The highest BCUT2D eigenvalue weighted by Crippen LogP contribution is 2.43. The molecule has 0 saturated carbocycles. The maximum atomic E-state index is 14.1. The zero-order valence-electron chi connectivity index (χ0n) is 23.6. The molecule has 1 aliphatic heterocycles. The van der Waals surface area contributed by atoms with Gasteiger partial charge in [0.1, 0.15) is 12.2 Å². The Labute approximate surface area is 238 Å². The molecule has 4 aromatic carbocycles. The van der Waals surface area contributed by atoms with Crippen LogP contribution in [0.3, 0.4) is 0 Å². The molecule has 1 aromatic heterocycles. The number of anilines is 1. The topological polar surface area (TPSA) is 69.0 Å². The van der Waals surface area contributed by atoms with Gasteiger partial charge in [0, 0.05) is 5.69 Å². The second-order valence-electron chi connectivity index (χ2n) is 10.4. The third kappa shape index (κ3) is 4.65. The van der Waals surface area contributed by atoms with Crippen LogP contribution in [-0.4, -0.2) is 13.0 Å². The van der Waals surface area contributed by atoms with Crippen LogP contribution < -0.4 is 19.8 Å². The average molecular weight is 546 g/mol. The molecule has 6 heteroatoms. The van der Waals surface area contributed by atoms with Gasteiger partial charge in [-0.15, -0.1) is 0 Å². The molecule has 41 heavy (non-hydrogen) atoms. The highest BCUT2D eigenvalue weighted by molar-refractivity contribution is 6.10. The molecule has 5 aromatic rings. The number of carbonyl (C=O) groups is 1. The number of fused-ring (bicyclic) bond motifs is 2. The Morgan fingerprint density at radius 1 is 0.829 bits per heavy atom. The van der Waals surface area contributed by atoms with Crippen LogP contribution in [0.5, 0.6) is 11.5 Å². The van der Waals surface area contributed by atoms with Crippen molar-refractivity contribution in [2.45, 2.75) is 39.8 Å². The molecule has 0 N–H and O–H groups in total. The Bertz CT molecular complexity index is 1820. The minimum atomic E-state index is -0.704. The molecule has 0 spiro atoms. The quantitative estimate of drug-likeness (QED) is 0.215. The number of carbonyl (C=O) groups excluding carboxylic acids is 1. The Morgan fingerprint density at radius 2 is 1.56 bits per heavy atom. The summed E-state index contributed by atoms with van der Waals surface area (Å²) in [5.74, 6) is 0.797. The minimum absolute atomic E-state index is 0.0682. The Hall–Kier alpha value is -4.84. The third-order valence-corrected chi connectivity index (χ3v) is 7.85. The van der Waals surface area contributed by atoms with Crippen LogP contribution in [0.2, 0.25) is 0 Å². The van der Waals surface area contributed by atoms with E-state index in [2.05, 4.69) is 6.92 Å². The van der Waals surface area contributed by atoms with Crippen LogP contribution in [0.25, 0.3) is 11.0 Å². The number of ether oxygens (including phenoxy) is 2. The smallest absolute Gasteiger partial charge is 0.295 e. The minimum Gasteiger partial charge on any atom is -0.493 e. The van der Waals surface area contributed by atoms with Crippen LogP contribution in [-0.2, 0) is 13.0 Å². The van der Waals surface area contributed by atoms with Crippen molar-refractivity contribution < 1.29 is 18.7 Å². The van der Waals surface area contributed by atoms with Crippen molar-refractivity contribution in [2.24, 2.45) is 0 Å². The van der Waals surface area contributed by atoms with Crippen LogP contribution in [0.4, 0.5) is 5.69 Å². The van der Waals surface area contributed by atoms with Crippen molar-refractivity contribution in [2.75, 3.05) is 12.0 Å². The highest BCUT2D eigenvalue weighted by atomic mass is 16.5. The molecule has 1 unspecified atom stereocenters. The van der Waals surface area contributed by atoms with Crippen LogP contribution in [0.1, 0.15) is 56.9 Å². The molecule has 1 amide bonds. The first-order valence-electron chi connectivity index (χ1n) is 13.7. The first-order chi connectivity index (χ1) is 19.9. The van der Waals surface area contributed by atoms with Crippen molar-refractivity contribution >= 4 is 22.6 Å². The SMILES string of the molecule is CCc1ccc(N2C(=O)c3oc4cc(C)c(C)cc4c(=O)c3C2c2ccc(OCc3ccccc3)c(OC)c2)cc1. The van der Waals surface area contributed by atoms with E-state index >= 15 is 0 Å². The van der Waals surface area contributed by atoms with Crippen molar-refractivity contribution in [1.29, 1.82) is 0 Å². The molecule has 2 heterocycles. The normalized spacial score (nSPS) is 14.4. The summed E-state index contributed by atoms with van der Waals surface area (Å²) in [4.78, 5) is 29.7. The molecule has 1 atom stereocenters. The van der Waals surface area contributed by atoms with Gasteiger partial charge in [0.25, 0.3) is 5.91 Å². The van der Waals surface area contributed by atoms with E-state index in [-0.39, 0.29) is 17.1 Å². The summed E-state index contributed by atoms with van der Waals surface area (Å²) in [5.41, 5.74) is 6.09. The second-order valence-corrected chi connectivity index (χ2v) is 10.4. The van der Waals surface area contributed by atoms with Crippen LogP contribution in [0.15, 0.2) is 94.1 Å². The van der Waals surface area contributed by atoms with Crippen molar-refractivity contribution in [1.82, 2.24) is 0 Å². The van der Waals surface area contributed by atoms with Gasteiger partial charge >= 0.3 is 0 Å². The molecule has 6 rings (SSSR count). The molecular formula is C35H31NO5. The lowest BCUT2D eigenvalue weighted by molar-refractivity contribution is 0.0971. The van der Waals surface area contributed by atoms with Gasteiger partial charge in [0.15, 0.2) is 16.9 Å². The van der Waals surface area contributed by atoms with E-state index in [1.54, 1.807) is 12.0 Å². The van der Waals surface area contributed by atoms with E-state index in [1.165, 1.54) is 0 Å². The van der Waals surface area contributed by atoms with E-state index in [1.807, 2.05) is 98.8 Å². The van der Waals surface area contributed by atoms with E-state index in [4.69, 9.17) is 13.9 Å². The average Bonchev–Trinajstić information content (AvgIpc) is 3.29. The highest BCUT2D eigenvalue weighted by Gasteiger charge is 2.44. The summed E-state index contributed by atoms with van der Waals surface area (Å²) in [6, 6.07) is 26.2.